The highest BCUT2D eigenvalue weighted by molar-refractivity contribution is 5.67. The Labute approximate surface area is 80.3 Å². The van der Waals surface area contributed by atoms with Crippen LogP contribution in [0.3, 0.4) is 0 Å². The molecule has 1 unspecified atom stereocenters. The number of carbonyl (C=O) groups is 1. The maximum atomic E-state index is 10.4. The molecule has 0 aromatic carbocycles. The second-order valence-electron chi connectivity index (χ2n) is 3.60. The van der Waals surface area contributed by atoms with Gasteiger partial charge in [0.15, 0.2) is 0 Å². The molecule has 0 aliphatic rings. The lowest BCUT2D eigenvalue weighted by Gasteiger charge is -2.21. The van der Waals surface area contributed by atoms with Crippen LogP contribution in [0.4, 0.5) is 0 Å². The highest BCUT2D eigenvalue weighted by atomic mass is 16.4. The van der Waals surface area contributed by atoms with E-state index >= 15 is 0 Å². The lowest BCUT2D eigenvalue weighted by Crippen LogP contribution is -2.32. The smallest absolute Gasteiger partial charge is 0.304 e. The molecule has 0 fully saturated rings. The summed E-state index contributed by atoms with van der Waals surface area (Å²) < 4.78 is 0. The van der Waals surface area contributed by atoms with Crippen LogP contribution in [0, 0.1) is 5.92 Å². The lowest BCUT2D eigenvalue weighted by atomic mass is 9.89. The first-order chi connectivity index (χ1) is 6.11. The van der Waals surface area contributed by atoms with E-state index in [9.17, 15) is 4.79 Å². The molecule has 0 aliphatic heterocycles. The van der Waals surface area contributed by atoms with Crippen LogP contribution in [-0.4, -0.2) is 17.1 Å². The van der Waals surface area contributed by atoms with Crippen molar-refractivity contribution in [3.63, 3.8) is 0 Å². The topological polar surface area (TPSA) is 63.3 Å². The van der Waals surface area contributed by atoms with Crippen LogP contribution in [0.15, 0.2) is 0 Å². The summed E-state index contributed by atoms with van der Waals surface area (Å²) in [5, 5.41) is 8.59. The van der Waals surface area contributed by atoms with E-state index in [-0.39, 0.29) is 12.5 Å². The average Bonchev–Trinajstić information content (AvgIpc) is 2.02. The van der Waals surface area contributed by atoms with E-state index in [0.29, 0.717) is 5.92 Å². The van der Waals surface area contributed by atoms with Crippen molar-refractivity contribution in [1.82, 2.24) is 0 Å². The molecule has 0 heterocycles. The van der Waals surface area contributed by atoms with E-state index in [2.05, 4.69) is 13.8 Å². The third-order valence-corrected chi connectivity index (χ3v) is 2.33. The van der Waals surface area contributed by atoms with Gasteiger partial charge in [-0.05, 0) is 18.8 Å². The number of aliphatic carboxylic acids is 1. The minimum atomic E-state index is -0.787. The lowest BCUT2D eigenvalue weighted by molar-refractivity contribution is -0.137. The summed E-state index contributed by atoms with van der Waals surface area (Å²) in [5.74, 6) is -0.407. The van der Waals surface area contributed by atoms with Crippen LogP contribution in [0.5, 0.6) is 0 Å². The van der Waals surface area contributed by atoms with E-state index in [1.165, 1.54) is 0 Å². The zero-order valence-corrected chi connectivity index (χ0v) is 8.62. The van der Waals surface area contributed by atoms with Crippen molar-refractivity contribution >= 4 is 5.97 Å². The fraction of sp³-hybridized carbons (Fsp3) is 0.900. The Kier molecular flexibility index (Phi) is 6.59. The predicted molar refractivity (Wildman–Crippen MR) is 53.5 cm³/mol. The summed E-state index contributed by atoms with van der Waals surface area (Å²) in [5.41, 5.74) is 5.81. The fourth-order valence-electron chi connectivity index (χ4n) is 1.68. The first-order valence-corrected chi connectivity index (χ1v) is 5.09. The monoisotopic (exact) mass is 187 g/mol. The molecular formula is C10H21NO2. The normalized spacial score (nSPS) is 13.2. The van der Waals surface area contributed by atoms with E-state index in [0.717, 1.165) is 25.7 Å². The van der Waals surface area contributed by atoms with Crippen molar-refractivity contribution in [1.29, 1.82) is 0 Å². The largest absolute Gasteiger partial charge is 0.481 e. The number of carboxylic acid groups (broad SMARTS) is 1. The third-order valence-electron chi connectivity index (χ3n) is 2.33. The van der Waals surface area contributed by atoms with Crippen LogP contribution < -0.4 is 5.73 Å². The number of hydrogen-bond acceptors (Lipinski definition) is 2. The van der Waals surface area contributed by atoms with Gasteiger partial charge in [-0.25, -0.2) is 0 Å². The number of nitrogens with two attached hydrogens (primary N) is 1. The van der Waals surface area contributed by atoms with Gasteiger partial charge in [-0.1, -0.05) is 26.7 Å². The van der Waals surface area contributed by atoms with Crippen molar-refractivity contribution in [3.05, 3.63) is 0 Å². The number of carboxylic acids is 1. The van der Waals surface area contributed by atoms with Crippen LogP contribution in [0.1, 0.15) is 46.0 Å². The standard InChI is InChI=1S/C10H21NO2/c1-3-5-8(6-4-2)9(11)7-10(12)13/h8-9H,3-7,11H2,1-2H3,(H,12,13). The average molecular weight is 187 g/mol. The number of hydrogen-bond donors (Lipinski definition) is 2. The molecule has 3 heteroatoms. The van der Waals surface area contributed by atoms with Crippen molar-refractivity contribution in [2.45, 2.75) is 52.0 Å². The van der Waals surface area contributed by atoms with Gasteiger partial charge in [0.1, 0.15) is 0 Å². The van der Waals surface area contributed by atoms with Gasteiger partial charge >= 0.3 is 5.97 Å². The molecule has 0 bridgehead atoms. The van der Waals surface area contributed by atoms with Gasteiger partial charge in [0, 0.05) is 6.04 Å². The Bertz CT molecular complexity index is 142. The molecule has 0 radical (unpaired) electrons. The van der Waals surface area contributed by atoms with Crippen LogP contribution >= 0.6 is 0 Å². The fourth-order valence-corrected chi connectivity index (χ4v) is 1.68. The summed E-state index contributed by atoms with van der Waals surface area (Å²) in [4.78, 5) is 10.4. The van der Waals surface area contributed by atoms with E-state index in [1.807, 2.05) is 0 Å². The maximum Gasteiger partial charge on any atom is 0.304 e. The maximum absolute atomic E-state index is 10.4. The highest BCUT2D eigenvalue weighted by Gasteiger charge is 2.18. The second-order valence-corrected chi connectivity index (χ2v) is 3.60. The Balaban J connectivity index is 3.93. The minimum Gasteiger partial charge on any atom is -0.481 e. The zero-order chi connectivity index (χ0) is 10.3. The summed E-state index contributed by atoms with van der Waals surface area (Å²) in [6.07, 6.45) is 4.35. The van der Waals surface area contributed by atoms with Gasteiger partial charge < -0.3 is 10.8 Å². The second kappa shape index (κ2) is 6.89. The molecule has 0 saturated carbocycles. The molecule has 0 rings (SSSR count). The quantitative estimate of drug-likeness (QED) is 0.640. The molecule has 0 saturated heterocycles. The van der Waals surface area contributed by atoms with E-state index in [1.54, 1.807) is 0 Å². The van der Waals surface area contributed by atoms with Gasteiger partial charge in [0.25, 0.3) is 0 Å². The molecule has 13 heavy (non-hydrogen) atoms. The van der Waals surface area contributed by atoms with Crippen molar-refractivity contribution in [2.24, 2.45) is 11.7 Å². The molecule has 1 atom stereocenters. The first-order valence-electron chi connectivity index (χ1n) is 5.09. The first kappa shape index (κ1) is 12.4. The Hall–Kier alpha value is -0.570. The van der Waals surface area contributed by atoms with Crippen LogP contribution in [-0.2, 0) is 4.79 Å². The summed E-state index contributed by atoms with van der Waals surface area (Å²) in [6.45, 7) is 4.21. The predicted octanol–water partition coefficient (Wildman–Crippen LogP) is 2.00. The summed E-state index contributed by atoms with van der Waals surface area (Å²) in [6, 6.07) is -0.169. The van der Waals surface area contributed by atoms with Gasteiger partial charge in [0.2, 0.25) is 0 Å². The molecule has 78 valence electrons. The third kappa shape index (κ3) is 5.64. The van der Waals surface area contributed by atoms with Gasteiger partial charge in [0.05, 0.1) is 6.42 Å². The SMILES string of the molecule is CCCC(CCC)C(N)CC(=O)O. The highest BCUT2D eigenvalue weighted by Crippen LogP contribution is 2.18. The Morgan fingerprint density at radius 2 is 1.77 bits per heavy atom. The molecule has 0 amide bonds. The summed E-state index contributed by atoms with van der Waals surface area (Å²) in [7, 11) is 0. The van der Waals surface area contributed by atoms with Crippen LogP contribution in [0.2, 0.25) is 0 Å². The molecule has 0 aromatic rings. The van der Waals surface area contributed by atoms with Crippen molar-refractivity contribution < 1.29 is 9.90 Å². The van der Waals surface area contributed by atoms with Gasteiger partial charge in [-0.3, -0.25) is 4.79 Å². The molecule has 0 aliphatic carbocycles. The van der Waals surface area contributed by atoms with Gasteiger partial charge in [-0.15, -0.1) is 0 Å². The minimum absolute atomic E-state index is 0.102. The molecule has 0 spiro atoms. The molecule has 3 N–H and O–H groups in total. The molecular weight excluding hydrogens is 166 g/mol. The van der Waals surface area contributed by atoms with Gasteiger partial charge in [-0.2, -0.15) is 0 Å². The molecule has 3 nitrogen and oxygen atoms in total. The van der Waals surface area contributed by atoms with Crippen molar-refractivity contribution in [3.8, 4) is 0 Å². The van der Waals surface area contributed by atoms with E-state index in [4.69, 9.17) is 10.8 Å². The number of rotatable bonds is 7. The van der Waals surface area contributed by atoms with E-state index < -0.39 is 5.97 Å². The van der Waals surface area contributed by atoms with Crippen LogP contribution in [0.25, 0.3) is 0 Å². The van der Waals surface area contributed by atoms with Crippen molar-refractivity contribution in [2.75, 3.05) is 0 Å². The summed E-state index contributed by atoms with van der Waals surface area (Å²) >= 11 is 0. The zero-order valence-electron chi connectivity index (χ0n) is 8.62. The molecule has 0 aromatic heterocycles. The Morgan fingerprint density at radius 1 is 1.31 bits per heavy atom. The Morgan fingerprint density at radius 3 is 2.08 bits per heavy atom.